The van der Waals surface area contributed by atoms with Crippen molar-refractivity contribution in [1.29, 1.82) is 0 Å². The van der Waals surface area contributed by atoms with Crippen molar-refractivity contribution in [3.05, 3.63) is 0 Å². The zero-order valence-electron chi connectivity index (χ0n) is 16.1. The molecular formula is C19H35F2N2O+. The van der Waals surface area contributed by atoms with Crippen molar-refractivity contribution in [3.63, 3.8) is 0 Å². The van der Waals surface area contributed by atoms with Crippen molar-refractivity contribution in [2.24, 2.45) is 0 Å². The van der Waals surface area contributed by atoms with E-state index in [1.165, 1.54) is 0 Å². The molecule has 0 N–H and O–H groups in total. The van der Waals surface area contributed by atoms with Crippen molar-refractivity contribution in [1.82, 2.24) is 4.90 Å². The lowest BCUT2D eigenvalue weighted by molar-refractivity contribution is -0.997. The van der Waals surface area contributed by atoms with Crippen molar-refractivity contribution < 1.29 is 18.1 Å². The van der Waals surface area contributed by atoms with Crippen LogP contribution in [0.15, 0.2) is 0 Å². The first-order valence-corrected chi connectivity index (χ1v) is 9.54. The minimum atomic E-state index is -2.47. The second-order valence-corrected chi connectivity index (χ2v) is 8.78. The third-order valence-corrected chi connectivity index (χ3v) is 6.63. The summed E-state index contributed by atoms with van der Waals surface area (Å²) >= 11 is 0. The molecule has 5 heteroatoms. The maximum atomic E-state index is 13.6. The molecule has 0 aromatic carbocycles. The van der Waals surface area contributed by atoms with Gasteiger partial charge in [0.15, 0.2) is 0 Å². The van der Waals surface area contributed by atoms with Crippen LogP contribution >= 0.6 is 0 Å². The Balaban J connectivity index is 2.14. The Morgan fingerprint density at radius 2 is 1.62 bits per heavy atom. The molecule has 0 unspecified atom stereocenters. The highest BCUT2D eigenvalue weighted by Gasteiger charge is 2.52. The number of hydrogen-bond acceptors (Lipinski definition) is 1. The van der Waals surface area contributed by atoms with E-state index in [0.717, 1.165) is 37.0 Å². The summed E-state index contributed by atoms with van der Waals surface area (Å²) in [6.45, 7) is 13.2. The van der Waals surface area contributed by atoms with Crippen LogP contribution in [0.2, 0.25) is 0 Å². The van der Waals surface area contributed by atoms with Gasteiger partial charge < -0.3 is 9.38 Å². The molecular weight excluding hydrogens is 310 g/mol. The largest absolute Gasteiger partial charge is 0.340 e. The number of rotatable bonds is 3. The molecule has 0 aromatic heterocycles. The predicted molar refractivity (Wildman–Crippen MR) is 93.0 cm³/mol. The van der Waals surface area contributed by atoms with Crippen LogP contribution < -0.4 is 0 Å². The highest BCUT2D eigenvalue weighted by molar-refractivity contribution is 5.73. The number of nitrogens with zero attached hydrogens (tertiary/aromatic N) is 2. The van der Waals surface area contributed by atoms with Gasteiger partial charge in [0, 0.05) is 58.0 Å². The van der Waals surface area contributed by atoms with Gasteiger partial charge in [-0.1, -0.05) is 0 Å². The highest BCUT2D eigenvalue weighted by atomic mass is 19.3. The number of likely N-dealkylation sites (tertiary alicyclic amines) is 1. The van der Waals surface area contributed by atoms with E-state index in [4.69, 9.17) is 0 Å². The number of halogens is 2. The van der Waals surface area contributed by atoms with Crippen LogP contribution in [-0.2, 0) is 4.79 Å². The number of alkyl halides is 2. The first-order chi connectivity index (χ1) is 11.0. The fraction of sp³-hybridized carbons (Fsp3) is 0.947. The SMILES string of the molecule is CCN(C(C)=O)C1CC[N+](C2CCC(F)(F)CC2)(C(C)(C)C)CC1. The molecule has 140 valence electrons. The average molecular weight is 345 g/mol. The number of hydrogen-bond donors (Lipinski definition) is 0. The molecule has 0 bridgehead atoms. The summed E-state index contributed by atoms with van der Waals surface area (Å²) in [7, 11) is 0. The Hall–Kier alpha value is -0.710. The number of quaternary nitrogens is 1. The van der Waals surface area contributed by atoms with Gasteiger partial charge in [0.05, 0.1) is 24.7 Å². The lowest BCUT2D eigenvalue weighted by Crippen LogP contribution is -2.70. The van der Waals surface area contributed by atoms with E-state index in [-0.39, 0.29) is 24.3 Å². The van der Waals surface area contributed by atoms with Crippen LogP contribution in [0.25, 0.3) is 0 Å². The Kier molecular flexibility index (Phi) is 5.63. The number of carbonyl (C=O) groups is 1. The second-order valence-electron chi connectivity index (χ2n) is 8.78. The normalized spacial score (nSPS) is 31.7. The van der Waals surface area contributed by atoms with Gasteiger partial charge in [0.2, 0.25) is 11.8 Å². The molecule has 0 atom stereocenters. The zero-order valence-corrected chi connectivity index (χ0v) is 16.1. The van der Waals surface area contributed by atoms with Crippen LogP contribution in [0.4, 0.5) is 8.78 Å². The Bertz CT molecular complexity index is 441. The lowest BCUT2D eigenvalue weighted by atomic mass is 9.82. The van der Waals surface area contributed by atoms with E-state index in [2.05, 4.69) is 20.8 Å². The Morgan fingerprint density at radius 3 is 2.00 bits per heavy atom. The zero-order chi connectivity index (χ0) is 18.2. The van der Waals surface area contributed by atoms with E-state index in [1.807, 2.05) is 11.8 Å². The van der Waals surface area contributed by atoms with Crippen LogP contribution in [0.1, 0.15) is 73.1 Å². The monoisotopic (exact) mass is 345 g/mol. The van der Waals surface area contributed by atoms with E-state index in [9.17, 15) is 13.6 Å². The van der Waals surface area contributed by atoms with Crippen LogP contribution in [0.3, 0.4) is 0 Å². The van der Waals surface area contributed by atoms with E-state index in [1.54, 1.807) is 6.92 Å². The smallest absolute Gasteiger partial charge is 0.248 e. The first-order valence-electron chi connectivity index (χ1n) is 9.54. The number of piperidine rings is 1. The topological polar surface area (TPSA) is 20.3 Å². The van der Waals surface area contributed by atoms with Crippen molar-refractivity contribution in [3.8, 4) is 0 Å². The number of amides is 1. The molecule has 0 aromatic rings. The minimum Gasteiger partial charge on any atom is -0.340 e. The van der Waals surface area contributed by atoms with Gasteiger partial charge in [-0.15, -0.1) is 0 Å². The van der Waals surface area contributed by atoms with Gasteiger partial charge in [0.25, 0.3) is 0 Å². The third-order valence-electron chi connectivity index (χ3n) is 6.63. The van der Waals surface area contributed by atoms with Gasteiger partial charge >= 0.3 is 0 Å². The van der Waals surface area contributed by atoms with Gasteiger partial charge in [0.1, 0.15) is 0 Å². The molecule has 1 aliphatic carbocycles. The van der Waals surface area contributed by atoms with E-state index >= 15 is 0 Å². The lowest BCUT2D eigenvalue weighted by Gasteiger charge is -2.58. The van der Waals surface area contributed by atoms with Crippen LogP contribution in [0.5, 0.6) is 0 Å². The maximum Gasteiger partial charge on any atom is 0.248 e. The molecule has 2 aliphatic rings. The molecule has 0 radical (unpaired) electrons. The van der Waals surface area contributed by atoms with Gasteiger partial charge in [-0.2, -0.15) is 0 Å². The molecule has 24 heavy (non-hydrogen) atoms. The minimum absolute atomic E-state index is 0.0334. The quantitative estimate of drug-likeness (QED) is 0.702. The summed E-state index contributed by atoms with van der Waals surface area (Å²) in [4.78, 5) is 13.8. The van der Waals surface area contributed by atoms with Crippen molar-refractivity contribution in [2.75, 3.05) is 19.6 Å². The molecule has 1 aliphatic heterocycles. The molecule has 2 rings (SSSR count). The van der Waals surface area contributed by atoms with Gasteiger partial charge in [-0.25, -0.2) is 8.78 Å². The summed E-state index contributed by atoms with van der Waals surface area (Å²) in [5.74, 6) is -2.32. The fourth-order valence-corrected chi connectivity index (χ4v) is 5.17. The predicted octanol–water partition coefficient (Wildman–Crippen LogP) is 4.21. The first kappa shape index (κ1) is 19.6. The van der Waals surface area contributed by atoms with Gasteiger partial charge in [-0.3, -0.25) is 4.79 Å². The summed E-state index contributed by atoms with van der Waals surface area (Å²) < 4.78 is 28.2. The highest BCUT2D eigenvalue weighted by Crippen LogP contribution is 2.43. The van der Waals surface area contributed by atoms with E-state index < -0.39 is 5.92 Å². The second kappa shape index (κ2) is 6.89. The van der Waals surface area contributed by atoms with Crippen LogP contribution in [0, 0.1) is 0 Å². The van der Waals surface area contributed by atoms with Crippen LogP contribution in [-0.4, -0.2) is 58.5 Å². The summed E-state index contributed by atoms with van der Waals surface area (Å²) in [6.07, 6.45) is 3.28. The fourth-order valence-electron chi connectivity index (χ4n) is 5.17. The standard InChI is InChI=1S/C19H35F2N2O/c1-6-22(15(2)24)16-9-13-23(14-10-16,18(3,4)5)17-7-11-19(20,21)12-8-17/h16-17H,6-14H2,1-5H3/q+1. The summed E-state index contributed by atoms with van der Waals surface area (Å²) in [5.41, 5.74) is 0.0511. The average Bonchev–Trinajstić information content (AvgIpc) is 2.47. The molecule has 2 fully saturated rings. The van der Waals surface area contributed by atoms with E-state index in [0.29, 0.717) is 24.9 Å². The Morgan fingerprint density at radius 1 is 1.12 bits per heavy atom. The molecule has 1 saturated heterocycles. The Labute approximate surface area is 146 Å². The number of carbonyl (C=O) groups excluding carboxylic acids is 1. The van der Waals surface area contributed by atoms with Gasteiger partial charge in [-0.05, 0) is 27.7 Å². The van der Waals surface area contributed by atoms with Crippen molar-refractivity contribution >= 4 is 5.91 Å². The summed E-state index contributed by atoms with van der Waals surface area (Å²) in [5, 5.41) is 0. The third kappa shape index (κ3) is 3.76. The molecule has 0 spiro atoms. The summed E-state index contributed by atoms with van der Waals surface area (Å²) in [6, 6.07) is 0.643. The molecule has 1 saturated carbocycles. The molecule has 1 heterocycles. The maximum absolute atomic E-state index is 13.6. The van der Waals surface area contributed by atoms with Crippen molar-refractivity contribution in [2.45, 2.75) is 96.7 Å². The molecule has 1 amide bonds. The molecule has 3 nitrogen and oxygen atoms in total.